The predicted molar refractivity (Wildman–Crippen MR) is 140 cm³/mol. The highest BCUT2D eigenvalue weighted by Gasteiger charge is 2.42. The van der Waals surface area contributed by atoms with E-state index in [9.17, 15) is 9.90 Å². The molecule has 3 heterocycles. The van der Waals surface area contributed by atoms with Gasteiger partial charge in [0.25, 0.3) is 0 Å². The van der Waals surface area contributed by atoms with Crippen molar-refractivity contribution in [3.05, 3.63) is 71.3 Å². The van der Waals surface area contributed by atoms with Crippen molar-refractivity contribution in [3.8, 4) is 0 Å². The molecule has 0 aromatic carbocycles. The fourth-order valence-corrected chi connectivity index (χ4v) is 4.32. The Morgan fingerprint density at radius 2 is 2.17 bits per heavy atom. The average molecular weight is 489 g/mol. The van der Waals surface area contributed by atoms with Gasteiger partial charge in [-0.2, -0.15) is 10.2 Å². The SMILES string of the molecule is C=N/C(=C\C=C(/C)CNC(=O)[C@@H]1CC[C@@](O)(c2cc(C)cc(Nc3cc(C)[nH]n3)n2)C1)n1cccn1. The van der Waals surface area contributed by atoms with E-state index in [0.29, 0.717) is 49.0 Å². The molecule has 2 atom stereocenters. The molecule has 0 saturated heterocycles. The summed E-state index contributed by atoms with van der Waals surface area (Å²) >= 11 is 0. The van der Waals surface area contributed by atoms with Gasteiger partial charge in [0.15, 0.2) is 11.6 Å². The maximum atomic E-state index is 12.9. The Kier molecular flexibility index (Phi) is 7.44. The summed E-state index contributed by atoms with van der Waals surface area (Å²) in [6, 6.07) is 7.47. The summed E-state index contributed by atoms with van der Waals surface area (Å²) in [5.41, 5.74) is 2.26. The molecule has 1 amide bonds. The molecule has 10 heteroatoms. The third kappa shape index (κ3) is 5.95. The van der Waals surface area contributed by atoms with E-state index in [4.69, 9.17) is 0 Å². The summed E-state index contributed by atoms with van der Waals surface area (Å²) in [4.78, 5) is 21.5. The van der Waals surface area contributed by atoms with E-state index >= 15 is 0 Å². The molecule has 1 fully saturated rings. The molecule has 10 nitrogen and oxygen atoms in total. The van der Waals surface area contributed by atoms with E-state index in [-0.39, 0.29) is 11.8 Å². The van der Waals surface area contributed by atoms with Gasteiger partial charge in [-0.1, -0.05) is 11.6 Å². The standard InChI is InChI=1S/C26H32N8O2/c1-17(6-7-24(27-4)34-11-5-10-29-34)16-28-25(35)20-8-9-26(36,15-20)21-12-18(2)13-22(30-21)31-23-14-19(3)32-33-23/h5-7,10-14,20,36H,4,8-9,15-16H2,1-3H3,(H,28,35)(H2,30,31,32,33)/b17-6+,24-7+/t20-,26+/m1/s1. The number of aryl methyl sites for hydroxylation is 2. The van der Waals surface area contributed by atoms with Crippen molar-refractivity contribution in [1.82, 2.24) is 30.3 Å². The Bertz CT molecular complexity index is 1290. The van der Waals surface area contributed by atoms with Crippen LogP contribution in [0.2, 0.25) is 0 Å². The molecule has 1 aliphatic carbocycles. The molecule has 0 bridgehead atoms. The minimum absolute atomic E-state index is 0.0743. The number of aromatic amines is 1. The Morgan fingerprint density at radius 1 is 1.33 bits per heavy atom. The molecule has 4 N–H and O–H groups in total. The Morgan fingerprint density at radius 3 is 2.86 bits per heavy atom. The van der Waals surface area contributed by atoms with Gasteiger partial charge in [-0.25, -0.2) is 14.7 Å². The molecule has 0 radical (unpaired) electrons. The number of nitrogens with zero attached hydrogens (tertiary/aromatic N) is 5. The lowest BCUT2D eigenvalue weighted by atomic mass is 9.94. The first-order valence-electron chi connectivity index (χ1n) is 11.9. The van der Waals surface area contributed by atoms with Crippen molar-refractivity contribution in [3.63, 3.8) is 0 Å². The first kappa shape index (κ1) is 25.1. The number of aliphatic imine (C=N–C) groups is 1. The zero-order valence-electron chi connectivity index (χ0n) is 20.8. The van der Waals surface area contributed by atoms with Gasteiger partial charge in [-0.3, -0.25) is 9.89 Å². The number of rotatable bonds is 9. The van der Waals surface area contributed by atoms with Gasteiger partial charge in [0.1, 0.15) is 11.4 Å². The van der Waals surface area contributed by atoms with Crippen molar-refractivity contribution in [1.29, 1.82) is 0 Å². The van der Waals surface area contributed by atoms with Crippen LogP contribution in [-0.4, -0.2) is 49.2 Å². The van der Waals surface area contributed by atoms with Gasteiger partial charge >= 0.3 is 0 Å². The minimum atomic E-state index is -1.16. The number of anilines is 2. The van der Waals surface area contributed by atoms with Crippen LogP contribution in [0, 0.1) is 19.8 Å². The number of pyridine rings is 1. The van der Waals surface area contributed by atoms with E-state index in [2.05, 4.69) is 42.6 Å². The number of hydrogen-bond donors (Lipinski definition) is 4. The largest absolute Gasteiger partial charge is 0.384 e. The number of nitrogens with one attached hydrogen (secondary N) is 3. The second-order valence-corrected chi connectivity index (χ2v) is 9.31. The summed E-state index contributed by atoms with van der Waals surface area (Å²) in [7, 11) is 0. The summed E-state index contributed by atoms with van der Waals surface area (Å²) in [6.07, 6.45) is 8.51. The van der Waals surface area contributed by atoms with Crippen LogP contribution in [0.3, 0.4) is 0 Å². The van der Waals surface area contributed by atoms with E-state index in [1.54, 1.807) is 23.2 Å². The van der Waals surface area contributed by atoms with Gasteiger partial charge in [0.2, 0.25) is 5.91 Å². The first-order chi connectivity index (χ1) is 17.3. The van der Waals surface area contributed by atoms with Crippen molar-refractivity contribution in [2.24, 2.45) is 10.9 Å². The second-order valence-electron chi connectivity index (χ2n) is 9.31. The van der Waals surface area contributed by atoms with Gasteiger partial charge in [-0.05, 0) is 76.6 Å². The highest BCUT2D eigenvalue weighted by Crippen LogP contribution is 2.42. The molecule has 3 aromatic heterocycles. The Hall–Kier alpha value is -4.05. The highest BCUT2D eigenvalue weighted by atomic mass is 16.3. The zero-order chi connectivity index (χ0) is 25.7. The van der Waals surface area contributed by atoms with Crippen LogP contribution in [0.15, 0.2) is 59.4 Å². The molecule has 0 aliphatic heterocycles. The number of aliphatic hydroxyl groups is 1. The maximum Gasteiger partial charge on any atom is 0.223 e. The highest BCUT2D eigenvalue weighted by molar-refractivity contribution is 5.79. The predicted octanol–water partition coefficient (Wildman–Crippen LogP) is 3.61. The number of aromatic nitrogens is 5. The fourth-order valence-electron chi connectivity index (χ4n) is 4.32. The monoisotopic (exact) mass is 488 g/mol. The van der Waals surface area contributed by atoms with Crippen LogP contribution in [0.25, 0.3) is 5.82 Å². The number of hydrogen-bond acceptors (Lipinski definition) is 7. The van der Waals surface area contributed by atoms with Crippen LogP contribution in [0.1, 0.15) is 43.1 Å². The molecule has 0 unspecified atom stereocenters. The number of carbonyl (C=O) groups excluding carboxylic acids is 1. The first-order valence-corrected chi connectivity index (χ1v) is 11.9. The van der Waals surface area contributed by atoms with E-state index in [1.165, 1.54) is 0 Å². The smallest absolute Gasteiger partial charge is 0.223 e. The average Bonchev–Trinajstić information content (AvgIpc) is 3.60. The van der Waals surface area contributed by atoms with E-state index in [0.717, 1.165) is 16.8 Å². The molecule has 188 valence electrons. The van der Waals surface area contributed by atoms with Crippen LogP contribution >= 0.6 is 0 Å². The summed E-state index contributed by atoms with van der Waals surface area (Å²) in [6.45, 7) is 9.78. The van der Waals surface area contributed by atoms with Crippen LogP contribution in [0.4, 0.5) is 11.6 Å². The van der Waals surface area contributed by atoms with Crippen molar-refractivity contribution >= 4 is 30.1 Å². The minimum Gasteiger partial charge on any atom is -0.384 e. The van der Waals surface area contributed by atoms with Crippen LogP contribution in [0.5, 0.6) is 0 Å². The van der Waals surface area contributed by atoms with Gasteiger partial charge in [0, 0.05) is 36.6 Å². The lowest BCUT2D eigenvalue weighted by Crippen LogP contribution is -2.32. The quantitative estimate of drug-likeness (QED) is 0.269. The lowest BCUT2D eigenvalue weighted by Gasteiger charge is -2.23. The number of carbonyl (C=O) groups is 1. The maximum absolute atomic E-state index is 12.9. The summed E-state index contributed by atoms with van der Waals surface area (Å²) < 4.78 is 1.62. The number of H-pyrrole nitrogens is 1. The summed E-state index contributed by atoms with van der Waals surface area (Å²) in [5.74, 6) is 1.49. The third-order valence-electron chi connectivity index (χ3n) is 6.23. The fraction of sp³-hybridized carbons (Fsp3) is 0.346. The molecule has 1 saturated carbocycles. The van der Waals surface area contributed by atoms with Crippen molar-refractivity contribution in [2.75, 3.05) is 11.9 Å². The molecule has 4 rings (SSSR count). The Labute approximate surface area is 210 Å². The number of allylic oxidation sites excluding steroid dienone is 2. The van der Waals surface area contributed by atoms with Crippen molar-refractivity contribution < 1.29 is 9.90 Å². The van der Waals surface area contributed by atoms with Crippen molar-refractivity contribution in [2.45, 2.75) is 45.6 Å². The molecule has 36 heavy (non-hydrogen) atoms. The molecular weight excluding hydrogens is 456 g/mol. The summed E-state index contributed by atoms with van der Waals surface area (Å²) in [5, 5.41) is 28.8. The van der Waals surface area contributed by atoms with Gasteiger partial charge in [0.05, 0.1) is 5.69 Å². The van der Waals surface area contributed by atoms with E-state index < -0.39 is 5.60 Å². The third-order valence-corrected chi connectivity index (χ3v) is 6.23. The van der Waals surface area contributed by atoms with Crippen LogP contribution in [-0.2, 0) is 10.4 Å². The zero-order valence-corrected chi connectivity index (χ0v) is 20.8. The number of amides is 1. The van der Waals surface area contributed by atoms with Crippen LogP contribution < -0.4 is 10.6 Å². The molecule has 1 aliphatic rings. The molecular formula is C26H32N8O2. The lowest BCUT2D eigenvalue weighted by molar-refractivity contribution is -0.125. The Balaban J connectivity index is 1.37. The topological polar surface area (TPSA) is 133 Å². The molecule has 3 aromatic rings. The van der Waals surface area contributed by atoms with Gasteiger partial charge < -0.3 is 15.7 Å². The normalized spacial score (nSPS) is 20.4. The van der Waals surface area contributed by atoms with E-state index in [1.807, 2.05) is 51.1 Å². The molecule has 0 spiro atoms. The van der Waals surface area contributed by atoms with Gasteiger partial charge in [-0.15, -0.1) is 0 Å². The second kappa shape index (κ2) is 10.7.